The third kappa shape index (κ3) is 3.69. The summed E-state index contributed by atoms with van der Waals surface area (Å²) in [5.74, 6) is 0. The summed E-state index contributed by atoms with van der Waals surface area (Å²) in [6, 6.07) is 16.4. The summed E-state index contributed by atoms with van der Waals surface area (Å²) in [4.78, 5) is 0. The van der Waals surface area contributed by atoms with Crippen molar-refractivity contribution in [1.82, 2.24) is 0 Å². The van der Waals surface area contributed by atoms with Gasteiger partial charge in [-0.25, -0.2) is 0 Å². The first kappa shape index (κ1) is 20.9. The minimum Gasteiger partial charge on any atom is -1.00 e. The summed E-state index contributed by atoms with van der Waals surface area (Å²) in [6.07, 6.45) is 8.33. The van der Waals surface area contributed by atoms with Gasteiger partial charge in [0.25, 0.3) is 0 Å². The number of allylic oxidation sites excluding steroid dienone is 4. The van der Waals surface area contributed by atoms with E-state index >= 15 is 0 Å². The molecule has 0 saturated heterocycles. The Kier molecular flexibility index (Phi) is 7.13. The van der Waals surface area contributed by atoms with Crippen LogP contribution in [-0.4, -0.2) is 5.43 Å². The van der Waals surface area contributed by atoms with Gasteiger partial charge in [0, 0.05) is 0 Å². The summed E-state index contributed by atoms with van der Waals surface area (Å²) < 4.78 is 2.57. The molecule has 0 nitrogen and oxygen atoms in total. The van der Waals surface area contributed by atoms with Gasteiger partial charge in [0.05, 0.1) is 0 Å². The van der Waals surface area contributed by atoms with Gasteiger partial charge in [-0.05, 0) is 0 Å². The molecule has 0 bridgehead atoms. The fourth-order valence-electron chi connectivity index (χ4n) is 4.07. The molecule has 0 radical (unpaired) electrons. The SMILES string of the molecule is Cc1ccc2c(c1)-c1ccccc1[CH]2[Zr+2]([C]1=CC=CC1)=[Si](C)C.[Cl-].[Cl-]. The van der Waals surface area contributed by atoms with E-state index in [1.807, 2.05) is 3.28 Å². The fourth-order valence-corrected chi connectivity index (χ4v) is 22.4. The van der Waals surface area contributed by atoms with E-state index in [1.165, 1.54) is 23.1 Å². The molecule has 25 heavy (non-hydrogen) atoms. The molecular weight excluding hydrogens is 442 g/mol. The standard InChI is InChI=1S/C14H11.C5H5.C2H6Si.2ClH.Zr/c1-10-6-7-12-9-11-4-2-3-5-13(11)14(12)8-10;1-2-4-5-3-1;1-3-2;;;/h2-9H,1H3;1-3H,4H2;1-2H3;2*1H;/q;;;;;+2/p-2. The van der Waals surface area contributed by atoms with Gasteiger partial charge < -0.3 is 24.8 Å². The second-order valence-electron chi connectivity index (χ2n) is 6.85. The fraction of sp³-hybridized carbons (Fsp3) is 0.238. The number of rotatable bonds is 2. The topological polar surface area (TPSA) is 0 Å². The van der Waals surface area contributed by atoms with Crippen molar-refractivity contribution in [2.45, 2.75) is 30.1 Å². The molecule has 0 amide bonds. The summed E-state index contributed by atoms with van der Waals surface area (Å²) in [5.41, 5.74) is 7.41. The second kappa shape index (κ2) is 8.53. The van der Waals surface area contributed by atoms with E-state index in [0.29, 0.717) is 0 Å². The van der Waals surface area contributed by atoms with Crippen LogP contribution in [0.3, 0.4) is 0 Å². The molecular formula is C21H22Cl2SiZr. The number of hydrogen-bond donors (Lipinski definition) is 0. The Balaban J connectivity index is 0.00000113. The number of hydrogen-bond acceptors (Lipinski definition) is 0. The molecule has 0 heterocycles. The van der Waals surface area contributed by atoms with Crippen molar-refractivity contribution in [2.75, 3.05) is 0 Å². The molecule has 2 aliphatic rings. The van der Waals surface area contributed by atoms with Crippen molar-refractivity contribution in [1.29, 1.82) is 0 Å². The molecule has 1 atom stereocenters. The van der Waals surface area contributed by atoms with E-state index in [-0.39, 0.29) is 30.2 Å². The number of benzene rings is 2. The minimum atomic E-state index is -1.70. The molecule has 2 aromatic carbocycles. The second-order valence-corrected chi connectivity index (χ2v) is 24.4. The van der Waals surface area contributed by atoms with Crippen molar-refractivity contribution in [3.05, 3.63) is 80.7 Å². The molecule has 4 rings (SSSR count). The first-order valence-corrected chi connectivity index (χ1v) is 17.2. The molecule has 0 aliphatic heterocycles. The average molecular weight is 465 g/mol. The Morgan fingerprint density at radius 1 is 0.960 bits per heavy atom. The van der Waals surface area contributed by atoms with E-state index in [1.54, 1.807) is 11.1 Å². The maximum Gasteiger partial charge on any atom is -1.00 e. The Hall–Kier alpha value is -0.400. The largest absolute Gasteiger partial charge is 1.00 e. The molecule has 2 aliphatic carbocycles. The first-order chi connectivity index (χ1) is 11.2. The summed E-state index contributed by atoms with van der Waals surface area (Å²) in [6.45, 7) is 7.34. The maximum absolute atomic E-state index is 2.56. The van der Waals surface area contributed by atoms with Gasteiger partial charge in [-0.15, -0.1) is 0 Å². The van der Waals surface area contributed by atoms with Crippen LogP contribution in [0.5, 0.6) is 0 Å². The average Bonchev–Trinajstić information content (AvgIpc) is 3.15. The summed E-state index contributed by atoms with van der Waals surface area (Å²) in [5, 5.41) is 0. The van der Waals surface area contributed by atoms with E-state index in [0.717, 1.165) is 3.63 Å². The Morgan fingerprint density at radius 2 is 1.68 bits per heavy atom. The summed E-state index contributed by atoms with van der Waals surface area (Å²) >= 11 is -1.70. The Bertz CT molecular complexity index is 893. The molecule has 128 valence electrons. The van der Waals surface area contributed by atoms with Crippen molar-refractivity contribution < 1.29 is 45.2 Å². The van der Waals surface area contributed by atoms with Crippen LogP contribution in [0.2, 0.25) is 13.1 Å². The van der Waals surface area contributed by atoms with Crippen LogP contribution in [0.4, 0.5) is 0 Å². The van der Waals surface area contributed by atoms with Gasteiger partial charge in [0.2, 0.25) is 0 Å². The third-order valence-corrected chi connectivity index (χ3v) is 23.2. The predicted molar refractivity (Wildman–Crippen MR) is 97.8 cm³/mol. The number of halogens is 2. The quantitative estimate of drug-likeness (QED) is 0.540. The van der Waals surface area contributed by atoms with Crippen LogP contribution in [0.1, 0.15) is 26.7 Å². The van der Waals surface area contributed by atoms with E-state index in [2.05, 4.69) is 80.7 Å². The van der Waals surface area contributed by atoms with Gasteiger partial charge in [0.1, 0.15) is 0 Å². The predicted octanol–water partition coefficient (Wildman–Crippen LogP) is -0.214. The van der Waals surface area contributed by atoms with Crippen molar-refractivity contribution in [3.8, 4) is 11.1 Å². The Morgan fingerprint density at radius 3 is 2.36 bits per heavy atom. The smallest absolute Gasteiger partial charge is 1.00 e. The van der Waals surface area contributed by atoms with Gasteiger partial charge in [-0.2, -0.15) is 0 Å². The van der Waals surface area contributed by atoms with Crippen LogP contribution in [0.15, 0.2) is 64.0 Å². The molecule has 0 aromatic heterocycles. The number of aryl methyl sites for hydroxylation is 1. The molecule has 2 aromatic rings. The van der Waals surface area contributed by atoms with E-state index < -0.39 is 20.4 Å². The van der Waals surface area contributed by atoms with Crippen LogP contribution >= 0.6 is 0 Å². The third-order valence-electron chi connectivity index (χ3n) is 5.03. The zero-order valence-electron chi connectivity index (χ0n) is 14.8. The summed E-state index contributed by atoms with van der Waals surface area (Å²) in [7, 11) is 0. The van der Waals surface area contributed by atoms with Crippen LogP contribution in [0.25, 0.3) is 11.1 Å². The maximum atomic E-state index is 2.56. The molecule has 4 heteroatoms. The van der Waals surface area contributed by atoms with Gasteiger partial charge >= 0.3 is 148 Å². The van der Waals surface area contributed by atoms with Gasteiger partial charge in [-0.3, -0.25) is 0 Å². The Labute approximate surface area is 171 Å². The van der Waals surface area contributed by atoms with Gasteiger partial charge in [-0.1, -0.05) is 0 Å². The van der Waals surface area contributed by atoms with Crippen molar-refractivity contribution in [2.24, 2.45) is 0 Å². The molecule has 0 N–H and O–H groups in total. The van der Waals surface area contributed by atoms with Crippen molar-refractivity contribution in [3.63, 3.8) is 0 Å². The molecule has 1 unspecified atom stereocenters. The zero-order valence-corrected chi connectivity index (χ0v) is 19.8. The zero-order chi connectivity index (χ0) is 16.0. The van der Waals surface area contributed by atoms with E-state index in [9.17, 15) is 0 Å². The normalized spacial score (nSPS) is 15.9. The van der Waals surface area contributed by atoms with Gasteiger partial charge in [0.15, 0.2) is 0 Å². The molecule has 0 spiro atoms. The van der Waals surface area contributed by atoms with Crippen molar-refractivity contribution >= 4 is 5.43 Å². The first-order valence-electron chi connectivity index (χ1n) is 8.40. The molecule has 0 fully saturated rings. The molecule has 0 saturated carbocycles. The van der Waals surface area contributed by atoms with E-state index in [4.69, 9.17) is 0 Å². The van der Waals surface area contributed by atoms with Crippen LogP contribution < -0.4 is 24.8 Å². The number of fused-ring (bicyclic) bond motifs is 3. The van der Waals surface area contributed by atoms with Crippen LogP contribution in [-0.2, 0) is 20.4 Å². The monoisotopic (exact) mass is 462 g/mol. The minimum absolute atomic E-state index is 0. The van der Waals surface area contributed by atoms with Crippen LogP contribution in [0, 0.1) is 6.92 Å².